The molecule has 0 radical (unpaired) electrons. The Kier molecular flexibility index (Phi) is 4.47. The van der Waals surface area contributed by atoms with Gasteiger partial charge in [0.05, 0.1) is 11.0 Å². The first kappa shape index (κ1) is 16.8. The van der Waals surface area contributed by atoms with E-state index in [1.807, 2.05) is 59.4 Å². The summed E-state index contributed by atoms with van der Waals surface area (Å²) in [6.45, 7) is 5.03. The number of rotatable bonds is 4. The van der Waals surface area contributed by atoms with Gasteiger partial charge in [0.25, 0.3) is 5.91 Å². The van der Waals surface area contributed by atoms with E-state index >= 15 is 0 Å². The summed E-state index contributed by atoms with van der Waals surface area (Å²) in [4.78, 5) is 16.9. The number of para-hydroxylation sites is 2. The molecule has 0 aliphatic carbocycles. The summed E-state index contributed by atoms with van der Waals surface area (Å²) in [5, 5.41) is 6.48. The molecule has 5 heteroatoms. The first-order valence-electron chi connectivity index (χ1n) is 9.16. The fourth-order valence-electron chi connectivity index (χ4n) is 3.54. The maximum absolute atomic E-state index is 12.5. The minimum Gasteiger partial charge on any atom is -0.351 e. The molecule has 3 aromatic rings. The molecule has 1 aliphatic rings. The Morgan fingerprint density at radius 1 is 1.15 bits per heavy atom. The van der Waals surface area contributed by atoms with Gasteiger partial charge in [0.1, 0.15) is 6.33 Å². The van der Waals surface area contributed by atoms with E-state index in [4.69, 9.17) is 0 Å². The number of hydrogen-bond donors (Lipinski definition) is 2. The van der Waals surface area contributed by atoms with Crippen molar-refractivity contribution in [2.24, 2.45) is 5.41 Å². The van der Waals surface area contributed by atoms with Gasteiger partial charge in [-0.2, -0.15) is 0 Å². The van der Waals surface area contributed by atoms with E-state index in [2.05, 4.69) is 22.5 Å². The number of nitrogens with zero attached hydrogens (tertiary/aromatic N) is 2. The zero-order valence-electron chi connectivity index (χ0n) is 15.0. The van der Waals surface area contributed by atoms with Crippen LogP contribution in [0.15, 0.2) is 54.9 Å². The lowest BCUT2D eigenvalue weighted by Crippen LogP contribution is -2.42. The number of carbonyl (C=O) groups is 1. The van der Waals surface area contributed by atoms with Crippen molar-refractivity contribution in [2.75, 3.05) is 19.6 Å². The Morgan fingerprint density at radius 2 is 1.88 bits per heavy atom. The lowest BCUT2D eigenvalue weighted by atomic mass is 9.81. The summed E-state index contributed by atoms with van der Waals surface area (Å²) in [7, 11) is 0. The van der Waals surface area contributed by atoms with E-state index in [0.717, 1.165) is 49.2 Å². The largest absolute Gasteiger partial charge is 0.351 e. The van der Waals surface area contributed by atoms with E-state index in [0.29, 0.717) is 5.56 Å². The number of amides is 1. The number of fused-ring (bicyclic) bond motifs is 1. The molecular formula is C21H24N4O. The van der Waals surface area contributed by atoms with Crippen molar-refractivity contribution < 1.29 is 4.79 Å². The third-order valence-corrected chi connectivity index (χ3v) is 5.35. The number of carbonyl (C=O) groups excluding carboxylic acids is 1. The summed E-state index contributed by atoms with van der Waals surface area (Å²) in [6, 6.07) is 15.7. The second kappa shape index (κ2) is 6.92. The van der Waals surface area contributed by atoms with Crippen LogP contribution in [0.1, 0.15) is 30.1 Å². The Labute approximate surface area is 153 Å². The van der Waals surface area contributed by atoms with Crippen molar-refractivity contribution in [3.8, 4) is 5.69 Å². The third kappa shape index (κ3) is 3.35. The highest BCUT2D eigenvalue weighted by Gasteiger charge is 2.27. The van der Waals surface area contributed by atoms with Crippen LogP contribution in [-0.4, -0.2) is 35.1 Å². The van der Waals surface area contributed by atoms with Crippen LogP contribution in [0, 0.1) is 5.41 Å². The molecule has 1 fully saturated rings. The van der Waals surface area contributed by atoms with E-state index in [1.165, 1.54) is 0 Å². The van der Waals surface area contributed by atoms with Crippen molar-refractivity contribution in [3.63, 3.8) is 0 Å². The van der Waals surface area contributed by atoms with Crippen LogP contribution in [0.5, 0.6) is 0 Å². The van der Waals surface area contributed by atoms with Gasteiger partial charge >= 0.3 is 0 Å². The van der Waals surface area contributed by atoms with Crippen LogP contribution in [0.25, 0.3) is 16.7 Å². The Hall–Kier alpha value is -2.66. The summed E-state index contributed by atoms with van der Waals surface area (Å²) < 4.78 is 2.03. The maximum atomic E-state index is 12.5. The number of piperidine rings is 1. The van der Waals surface area contributed by atoms with E-state index in [-0.39, 0.29) is 11.3 Å². The molecular weight excluding hydrogens is 324 g/mol. The number of imidazole rings is 1. The first-order valence-corrected chi connectivity index (χ1v) is 9.16. The molecule has 2 heterocycles. The quantitative estimate of drug-likeness (QED) is 0.761. The molecule has 2 aromatic carbocycles. The molecule has 2 N–H and O–H groups in total. The average Bonchev–Trinajstić information content (AvgIpc) is 3.11. The van der Waals surface area contributed by atoms with Gasteiger partial charge in [-0.3, -0.25) is 9.36 Å². The van der Waals surface area contributed by atoms with Gasteiger partial charge in [-0.05, 0) is 67.7 Å². The summed E-state index contributed by atoms with van der Waals surface area (Å²) >= 11 is 0. The molecule has 0 unspecified atom stereocenters. The fourth-order valence-corrected chi connectivity index (χ4v) is 3.54. The summed E-state index contributed by atoms with van der Waals surface area (Å²) in [6.07, 6.45) is 4.01. The van der Waals surface area contributed by atoms with E-state index < -0.39 is 0 Å². The molecule has 1 saturated heterocycles. The maximum Gasteiger partial charge on any atom is 0.251 e. The van der Waals surface area contributed by atoms with Crippen LogP contribution in [-0.2, 0) is 0 Å². The van der Waals surface area contributed by atoms with Gasteiger partial charge < -0.3 is 10.6 Å². The first-order chi connectivity index (χ1) is 12.6. The zero-order chi connectivity index (χ0) is 18.0. The third-order valence-electron chi connectivity index (χ3n) is 5.35. The SMILES string of the molecule is CC1(CNC(=O)c2ccc(-n3cnc4ccccc43)cc2)CCNCC1. The second-order valence-corrected chi connectivity index (χ2v) is 7.39. The highest BCUT2D eigenvalue weighted by Crippen LogP contribution is 2.26. The summed E-state index contributed by atoms with van der Waals surface area (Å²) in [5.41, 5.74) is 3.90. The molecule has 1 amide bonds. The van der Waals surface area contributed by atoms with Gasteiger partial charge in [-0.1, -0.05) is 19.1 Å². The highest BCUT2D eigenvalue weighted by molar-refractivity contribution is 5.94. The predicted octanol–water partition coefficient (Wildman–Crippen LogP) is 3.15. The van der Waals surface area contributed by atoms with Gasteiger partial charge in [-0.15, -0.1) is 0 Å². The molecule has 0 saturated carbocycles. The molecule has 26 heavy (non-hydrogen) atoms. The zero-order valence-corrected chi connectivity index (χ0v) is 15.0. The van der Waals surface area contributed by atoms with Crippen molar-refractivity contribution in [1.29, 1.82) is 0 Å². The number of aromatic nitrogens is 2. The monoisotopic (exact) mass is 348 g/mol. The van der Waals surface area contributed by atoms with Crippen molar-refractivity contribution in [1.82, 2.24) is 20.2 Å². The van der Waals surface area contributed by atoms with Gasteiger partial charge in [0.2, 0.25) is 0 Å². The molecule has 134 valence electrons. The molecule has 1 aromatic heterocycles. The Balaban J connectivity index is 1.46. The number of nitrogens with one attached hydrogen (secondary N) is 2. The van der Waals surface area contributed by atoms with Crippen LogP contribution in [0.4, 0.5) is 0 Å². The summed E-state index contributed by atoms with van der Waals surface area (Å²) in [5.74, 6) is -0.00760. The van der Waals surface area contributed by atoms with Crippen LogP contribution in [0.2, 0.25) is 0 Å². The normalized spacial score (nSPS) is 16.5. The smallest absolute Gasteiger partial charge is 0.251 e. The Morgan fingerprint density at radius 3 is 2.65 bits per heavy atom. The predicted molar refractivity (Wildman–Crippen MR) is 104 cm³/mol. The van der Waals surface area contributed by atoms with Gasteiger partial charge in [0.15, 0.2) is 0 Å². The van der Waals surface area contributed by atoms with Gasteiger partial charge in [-0.25, -0.2) is 4.98 Å². The molecule has 0 atom stereocenters. The molecule has 1 aliphatic heterocycles. The minimum atomic E-state index is -0.00760. The number of benzene rings is 2. The van der Waals surface area contributed by atoms with Crippen molar-refractivity contribution in [3.05, 3.63) is 60.4 Å². The lowest BCUT2D eigenvalue weighted by molar-refractivity contribution is 0.0922. The molecule has 0 spiro atoms. The fraction of sp³-hybridized carbons (Fsp3) is 0.333. The second-order valence-electron chi connectivity index (χ2n) is 7.39. The lowest BCUT2D eigenvalue weighted by Gasteiger charge is -2.34. The van der Waals surface area contributed by atoms with Gasteiger partial charge in [0, 0.05) is 17.8 Å². The van der Waals surface area contributed by atoms with Crippen molar-refractivity contribution in [2.45, 2.75) is 19.8 Å². The highest BCUT2D eigenvalue weighted by atomic mass is 16.1. The van der Waals surface area contributed by atoms with Crippen LogP contribution >= 0.6 is 0 Å². The van der Waals surface area contributed by atoms with E-state index in [9.17, 15) is 4.79 Å². The number of hydrogen-bond acceptors (Lipinski definition) is 3. The van der Waals surface area contributed by atoms with Crippen LogP contribution in [0.3, 0.4) is 0 Å². The standard InChI is InChI=1S/C21H24N4O/c1-21(10-12-22-13-11-21)14-23-20(26)16-6-8-17(9-7-16)25-15-24-18-4-2-3-5-19(18)25/h2-9,15,22H,10-14H2,1H3,(H,23,26). The Bertz CT molecular complexity index is 907. The van der Waals surface area contributed by atoms with E-state index in [1.54, 1.807) is 0 Å². The minimum absolute atomic E-state index is 0.00760. The molecule has 4 rings (SSSR count). The topological polar surface area (TPSA) is 59.0 Å². The molecule has 5 nitrogen and oxygen atoms in total. The molecule has 0 bridgehead atoms. The van der Waals surface area contributed by atoms with Crippen molar-refractivity contribution >= 4 is 16.9 Å². The van der Waals surface area contributed by atoms with Crippen LogP contribution < -0.4 is 10.6 Å². The average molecular weight is 348 g/mol.